The highest BCUT2D eigenvalue weighted by atomic mass is 32.1. The van der Waals surface area contributed by atoms with Gasteiger partial charge in [-0.3, -0.25) is 14.6 Å². The first kappa shape index (κ1) is 23.3. The molecule has 3 aromatic heterocycles. The third-order valence-corrected chi connectivity index (χ3v) is 6.25. The Kier molecular flexibility index (Phi) is 7.43. The monoisotopic (exact) mass is 478 g/mol. The van der Waals surface area contributed by atoms with Crippen molar-refractivity contribution in [1.82, 2.24) is 30.2 Å². The zero-order valence-electron chi connectivity index (χ0n) is 18.8. The normalized spacial score (nSPS) is 15.1. The van der Waals surface area contributed by atoms with Gasteiger partial charge >= 0.3 is 0 Å². The van der Waals surface area contributed by atoms with Crippen molar-refractivity contribution in [2.24, 2.45) is 0 Å². The van der Waals surface area contributed by atoms with Crippen molar-refractivity contribution in [1.29, 1.82) is 0 Å². The Morgan fingerprint density at radius 3 is 2.82 bits per heavy atom. The van der Waals surface area contributed by atoms with E-state index < -0.39 is 6.04 Å². The molecule has 1 atom stereocenters. The summed E-state index contributed by atoms with van der Waals surface area (Å²) >= 11 is 1.52. The van der Waals surface area contributed by atoms with E-state index in [0.29, 0.717) is 43.5 Å². The molecule has 176 valence electrons. The van der Waals surface area contributed by atoms with Crippen molar-refractivity contribution in [3.05, 3.63) is 55.3 Å². The Morgan fingerprint density at radius 1 is 1.24 bits per heavy atom. The van der Waals surface area contributed by atoms with Gasteiger partial charge in [0.2, 0.25) is 11.8 Å². The van der Waals surface area contributed by atoms with Gasteiger partial charge in [0.15, 0.2) is 5.13 Å². The molecule has 0 aliphatic carbocycles. The van der Waals surface area contributed by atoms with E-state index in [2.05, 4.69) is 42.5 Å². The molecule has 0 radical (unpaired) electrons. The SMILES string of the molecule is C=CC(=O)N1CCC[C@H]1C(=O)NCCNc1cc(Nc2ncc(-c3ccncc3)s2)nc(C)n1. The molecule has 0 spiro atoms. The molecule has 1 aliphatic heterocycles. The summed E-state index contributed by atoms with van der Waals surface area (Å²) in [6, 6.07) is 5.24. The molecule has 4 rings (SSSR count). The van der Waals surface area contributed by atoms with Gasteiger partial charge in [0.1, 0.15) is 23.5 Å². The van der Waals surface area contributed by atoms with E-state index >= 15 is 0 Å². The average molecular weight is 479 g/mol. The number of likely N-dealkylation sites (tertiary alicyclic amines) is 1. The molecular formula is C23H26N8O2S. The molecule has 0 bridgehead atoms. The number of nitrogens with one attached hydrogen (secondary N) is 3. The topological polar surface area (TPSA) is 125 Å². The minimum atomic E-state index is -0.432. The fourth-order valence-electron chi connectivity index (χ4n) is 3.73. The standard InChI is InChI=1S/C23H26N8O2S/c1-3-21(32)31-12-4-5-17(31)22(33)26-11-10-25-19-13-20(29-15(2)28-19)30-23-27-14-18(34-23)16-6-8-24-9-7-16/h3,6-9,13-14,17H,1,4-5,10-12H2,2H3,(H,26,33)(H2,25,27,28,29,30)/t17-/m0/s1. The second-order valence-electron chi connectivity index (χ2n) is 7.69. The zero-order chi connectivity index (χ0) is 23.9. The summed E-state index contributed by atoms with van der Waals surface area (Å²) in [5.74, 6) is 1.51. The molecule has 3 aromatic rings. The number of aromatic nitrogens is 4. The van der Waals surface area contributed by atoms with Crippen molar-refractivity contribution in [2.45, 2.75) is 25.8 Å². The highest BCUT2D eigenvalue weighted by Gasteiger charge is 2.32. The van der Waals surface area contributed by atoms with Crippen LogP contribution in [0.3, 0.4) is 0 Å². The smallest absolute Gasteiger partial charge is 0.246 e. The van der Waals surface area contributed by atoms with E-state index in [4.69, 9.17) is 0 Å². The summed E-state index contributed by atoms with van der Waals surface area (Å²) in [6.45, 7) is 6.79. The summed E-state index contributed by atoms with van der Waals surface area (Å²) in [5.41, 5.74) is 1.05. The quantitative estimate of drug-likeness (QED) is 0.317. The maximum atomic E-state index is 12.5. The Labute approximate surface area is 201 Å². The van der Waals surface area contributed by atoms with Crippen LogP contribution in [0.2, 0.25) is 0 Å². The molecule has 2 amide bonds. The van der Waals surface area contributed by atoms with E-state index in [1.165, 1.54) is 17.4 Å². The van der Waals surface area contributed by atoms with E-state index in [0.717, 1.165) is 22.0 Å². The number of nitrogens with zero attached hydrogens (tertiary/aromatic N) is 5. The van der Waals surface area contributed by atoms with Crippen LogP contribution in [0, 0.1) is 6.92 Å². The summed E-state index contributed by atoms with van der Waals surface area (Å²) in [7, 11) is 0. The number of carbonyl (C=O) groups is 2. The minimum absolute atomic E-state index is 0.149. The first-order chi connectivity index (χ1) is 16.5. The number of hydrogen-bond acceptors (Lipinski definition) is 9. The van der Waals surface area contributed by atoms with Crippen LogP contribution < -0.4 is 16.0 Å². The van der Waals surface area contributed by atoms with E-state index in [9.17, 15) is 9.59 Å². The van der Waals surface area contributed by atoms with Crippen molar-refractivity contribution in [3.8, 4) is 10.4 Å². The molecule has 0 saturated carbocycles. The predicted octanol–water partition coefficient (Wildman–Crippen LogP) is 2.75. The molecule has 0 unspecified atom stereocenters. The molecular weight excluding hydrogens is 452 g/mol. The highest BCUT2D eigenvalue weighted by Crippen LogP contribution is 2.30. The number of thiazole rings is 1. The van der Waals surface area contributed by atoms with Gasteiger partial charge in [-0.1, -0.05) is 17.9 Å². The summed E-state index contributed by atoms with van der Waals surface area (Å²) in [6.07, 6.45) is 8.05. The summed E-state index contributed by atoms with van der Waals surface area (Å²) < 4.78 is 0. The van der Waals surface area contributed by atoms with Gasteiger partial charge in [0.05, 0.1) is 4.88 Å². The van der Waals surface area contributed by atoms with Gasteiger partial charge < -0.3 is 20.9 Å². The van der Waals surface area contributed by atoms with Crippen molar-refractivity contribution < 1.29 is 9.59 Å². The van der Waals surface area contributed by atoms with Crippen LogP contribution in [-0.4, -0.2) is 62.3 Å². The second-order valence-corrected chi connectivity index (χ2v) is 8.72. The van der Waals surface area contributed by atoms with Crippen molar-refractivity contribution in [3.63, 3.8) is 0 Å². The maximum absolute atomic E-state index is 12.5. The number of aryl methyl sites for hydroxylation is 1. The van der Waals surface area contributed by atoms with Gasteiger partial charge in [0.25, 0.3) is 0 Å². The van der Waals surface area contributed by atoms with Gasteiger partial charge in [-0.2, -0.15) is 0 Å². The van der Waals surface area contributed by atoms with Crippen LogP contribution in [0.15, 0.2) is 49.4 Å². The van der Waals surface area contributed by atoms with Crippen LogP contribution in [0.4, 0.5) is 16.8 Å². The number of amides is 2. The van der Waals surface area contributed by atoms with Crippen LogP contribution >= 0.6 is 11.3 Å². The molecule has 1 fully saturated rings. The molecule has 11 heteroatoms. The van der Waals surface area contributed by atoms with E-state index in [1.807, 2.05) is 25.3 Å². The lowest BCUT2D eigenvalue weighted by atomic mass is 10.2. The van der Waals surface area contributed by atoms with Crippen LogP contribution in [0.5, 0.6) is 0 Å². The zero-order valence-corrected chi connectivity index (χ0v) is 19.6. The highest BCUT2D eigenvalue weighted by molar-refractivity contribution is 7.18. The van der Waals surface area contributed by atoms with Gasteiger partial charge in [-0.15, -0.1) is 0 Å². The number of pyridine rings is 1. The predicted molar refractivity (Wildman–Crippen MR) is 132 cm³/mol. The lowest BCUT2D eigenvalue weighted by Crippen LogP contribution is -2.46. The largest absolute Gasteiger partial charge is 0.368 e. The third-order valence-electron chi connectivity index (χ3n) is 5.29. The molecule has 3 N–H and O–H groups in total. The Balaban J connectivity index is 1.30. The Hall–Kier alpha value is -3.86. The Morgan fingerprint density at radius 2 is 2.03 bits per heavy atom. The van der Waals surface area contributed by atoms with Crippen molar-refractivity contribution >= 4 is 39.9 Å². The van der Waals surface area contributed by atoms with Gasteiger partial charge in [-0.05, 0) is 43.5 Å². The Bertz CT molecular complexity index is 1170. The van der Waals surface area contributed by atoms with Crippen LogP contribution in [-0.2, 0) is 9.59 Å². The van der Waals surface area contributed by atoms with Gasteiger partial charge in [-0.25, -0.2) is 15.0 Å². The molecule has 34 heavy (non-hydrogen) atoms. The molecule has 0 aromatic carbocycles. The minimum Gasteiger partial charge on any atom is -0.368 e. The van der Waals surface area contributed by atoms with E-state index in [-0.39, 0.29) is 11.8 Å². The lowest BCUT2D eigenvalue weighted by molar-refractivity contribution is -0.135. The number of hydrogen-bond donors (Lipinski definition) is 3. The molecule has 4 heterocycles. The van der Waals surface area contributed by atoms with Crippen LogP contribution in [0.1, 0.15) is 18.7 Å². The fraction of sp³-hybridized carbons (Fsp3) is 0.304. The first-order valence-electron chi connectivity index (χ1n) is 11.0. The molecule has 10 nitrogen and oxygen atoms in total. The molecule has 1 saturated heterocycles. The summed E-state index contributed by atoms with van der Waals surface area (Å²) in [5, 5.41) is 10.0. The number of anilines is 3. The fourth-order valence-corrected chi connectivity index (χ4v) is 4.56. The van der Waals surface area contributed by atoms with Crippen molar-refractivity contribution in [2.75, 3.05) is 30.3 Å². The van der Waals surface area contributed by atoms with Crippen LogP contribution in [0.25, 0.3) is 10.4 Å². The maximum Gasteiger partial charge on any atom is 0.246 e. The summed E-state index contributed by atoms with van der Waals surface area (Å²) in [4.78, 5) is 44.3. The number of rotatable bonds is 9. The number of carbonyl (C=O) groups excluding carboxylic acids is 2. The lowest BCUT2D eigenvalue weighted by Gasteiger charge is -2.22. The molecule has 1 aliphatic rings. The average Bonchev–Trinajstić information content (AvgIpc) is 3.51. The van der Waals surface area contributed by atoms with Gasteiger partial charge in [0, 0.05) is 44.3 Å². The van der Waals surface area contributed by atoms with E-state index in [1.54, 1.807) is 23.4 Å². The third kappa shape index (κ3) is 5.73. The second kappa shape index (κ2) is 10.8. The first-order valence-corrected chi connectivity index (χ1v) is 11.8.